The molecule has 2 heterocycles. The van der Waals surface area contributed by atoms with Crippen molar-refractivity contribution < 1.29 is 9.59 Å². The van der Waals surface area contributed by atoms with Crippen LogP contribution in [0, 0.1) is 11.8 Å². The first-order valence-corrected chi connectivity index (χ1v) is 11.5. The average molecular weight is 430 g/mol. The average Bonchev–Trinajstić information content (AvgIpc) is 3.53. The maximum Gasteiger partial charge on any atom is 0.325 e. The van der Waals surface area contributed by atoms with Gasteiger partial charge in [0, 0.05) is 24.5 Å². The summed E-state index contributed by atoms with van der Waals surface area (Å²) in [6.07, 6.45) is 6.61. The van der Waals surface area contributed by atoms with Gasteiger partial charge in [-0.25, -0.2) is 4.79 Å². The van der Waals surface area contributed by atoms with E-state index < -0.39 is 5.54 Å². The van der Waals surface area contributed by atoms with Gasteiger partial charge in [-0.15, -0.1) is 0 Å². The lowest BCUT2D eigenvalue weighted by Gasteiger charge is -2.41. The zero-order chi connectivity index (χ0) is 21.3. The van der Waals surface area contributed by atoms with Gasteiger partial charge >= 0.3 is 6.03 Å². The molecule has 3 amide bonds. The molecule has 1 aromatic carbocycles. The van der Waals surface area contributed by atoms with E-state index in [1.165, 1.54) is 10.5 Å². The molecule has 1 saturated carbocycles. The number of nitrogens with one attached hydrogen (secondary N) is 1. The van der Waals surface area contributed by atoms with Crippen molar-refractivity contribution in [3.8, 4) is 0 Å². The second-order valence-corrected chi connectivity index (χ2v) is 9.62. The van der Waals surface area contributed by atoms with Gasteiger partial charge in [-0.1, -0.05) is 41.4 Å². The second-order valence-electron chi connectivity index (χ2n) is 9.21. The smallest absolute Gasteiger partial charge is 0.322 e. The number of allylic oxidation sites excluding steroid dienone is 1. The number of amides is 3. The van der Waals surface area contributed by atoms with E-state index in [1.807, 2.05) is 24.3 Å². The molecule has 4 rings (SSSR count). The van der Waals surface area contributed by atoms with Crippen LogP contribution in [0.2, 0.25) is 5.02 Å². The molecule has 30 heavy (non-hydrogen) atoms. The fraction of sp³-hybridized carbons (Fsp3) is 0.583. The number of carbonyl (C=O) groups is 2. The molecule has 1 unspecified atom stereocenters. The van der Waals surface area contributed by atoms with Crippen molar-refractivity contribution in [1.29, 1.82) is 0 Å². The highest BCUT2D eigenvalue weighted by molar-refractivity contribution is 6.31. The summed E-state index contributed by atoms with van der Waals surface area (Å²) >= 11 is 6.46. The topological polar surface area (TPSA) is 52.7 Å². The summed E-state index contributed by atoms with van der Waals surface area (Å²) in [4.78, 5) is 30.5. The maximum absolute atomic E-state index is 13.7. The predicted molar refractivity (Wildman–Crippen MR) is 119 cm³/mol. The molecular formula is C24H32ClN3O2. The Bertz CT molecular complexity index is 843. The second kappa shape index (κ2) is 8.72. The monoisotopic (exact) mass is 429 g/mol. The van der Waals surface area contributed by atoms with E-state index in [9.17, 15) is 9.59 Å². The number of imide groups is 1. The molecule has 3 aliphatic rings. The fourth-order valence-corrected chi connectivity index (χ4v) is 5.08. The number of halogens is 1. The third-order valence-corrected chi connectivity index (χ3v) is 7.39. The molecule has 5 nitrogen and oxygen atoms in total. The normalized spacial score (nSPS) is 26.4. The summed E-state index contributed by atoms with van der Waals surface area (Å²) in [6.45, 7) is 7.62. The fourth-order valence-electron chi connectivity index (χ4n) is 4.88. The Morgan fingerprint density at radius 1 is 1.20 bits per heavy atom. The number of benzene rings is 1. The number of hydrogen-bond acceptors (Lipinski definition) is 3. The molecule has 0 radical (unpaired) electrons. The van der Waals surface area contributed by atoms with Crippen LogP contribution in [0.25, 0.3) is 0 Å². The Morgan fingerprint density at radius 3 is 2.53 bits per heavy atom. The summed E-state index contributed by atoms with van der Waals surface area (Å²) < 4.78 is 0. The van der Waals surface area contributed by atoms with Crippen molar-refractivity contribution in [2.24, 2.45) is 11.8 Å². The zero-order valence-electron chi connectivity index (χ0n) is 18.0. The van der Waals surface area contributed by atoms with Crippen molar-refractivity contribution in [1.82, 2.24) is 15.1 Å². The highest BCUT2D eigenvalue weighted by atomic mass is 35.5. The van der Waals surface area contributed by atoms with Crippen molar-refractivity contribution in [2.45, 2.75) is 51.5 Å². The lowest BCUT2D eigenvalue weighted by molar-refractivity contribution is -0.134. The molecule has 162 valence electrons. The van der Waals surface area contributed by atoms with Crippen molar-refractivity contribution in [2.75, 3.05) is 26.2 Å². The van der Waals surface area contributed by atoms with E-state index in [0.29, 0.717) is 23.9 Å². The summed E-state index contributed by atoms with van der Waals surface area (Å²) in [6, 6.07) is 7.44. The van der Waals surface area contributed by atoms with Gasteiger partial charge in [-0.05, 0) is 76.1 Å². The molecule has 3 fully saturated rings. The van der Waals surface area contributed by atoms with Gasteiger partial charge < -0.3 is 5.32 Å². The van der Waals surface area contributed by atoms with Crippen LogP contribution >= 0.6 is 11.6 Å². The minimum absolute atomic E-state index is 0.0533. The van der Waals surface area contributed by atoms with Crippen LogP contribution in [0.4, 0.5) is 4.79 Å². The Balaban J connectivity index is 1.58. The molecule has 6 heteroatoms. The van der Waals surface area contributed by atoms with Gasteiger partial charge in [0.1, 0.15) is 5.54 Å². The first-order chi connectivity index (χ1) is 14.4. The van der Waals surface area contributed by atoms with E-state index in [2.05, 4.69) is 30.1 Å². The minimum atomic E-state index is -0.890. The van der Waals surface area contributed by atoms with Gasteiger partial charge in [-0.3, -0.25) is 14.6 Å². The van der Waals surface area contributed by atoms with Crippen LogP contribution in [0.3, 0.4) is 0 Å². The molecule has 1 aromatic rings. The number of carbonyl (C=O) groups excluding carboxylic acids is 2. The third kappa shape index (κ3) is 4.28. The summed E-state index contributed by atoms with van der Waals surface area (Å²) in [5, 5.41) is 3.81. The van der Waals surface area contributed by atoms with Crippen molar-refractivity contribution in [3.05, 3.63) is 46.5 Å². The van der Waals surface area contributed by atoms with Gasteiger partial charge in [0.15, 0.2) is 0 Å². The van der Waals surface area contributed by atoms with E-state index in [1.54, 1.807) is 0 Å². The Labute approximate surface area is 184 Å². The van der Waals surface area contributed by atoms with Crippen LogP contribution < -0.4 is 5.32 Å². The number of likely N-dealkylation sites (tertiary alicyclic amines) is 1. The lowest BCUT2D eigenvalue weighted by Crippen LogP contribution is -2.57. The number of nitrogens with zero attached hydrogens (tertiary/aromatic N) is 2. The quantitative estimate of drug-likeness (QED) is 0.520. The SMILES string of the molecule is CC=C(C)CN1CCC(C2(Cc3ccccc3Cl)NC(=O)N(CC3CC3)C2=O)CC1. The molecule has 2 aliphatic heterocycles. The molecular weight excluding hydrogens is 398 g/mol. The van der Waals surface area contributed by atoms with E-state index in [4.69, 9.17) is 11.6 Å². The van der Waals surface area contributed by atoms with Crippen LogP contribution in [0.1, 0.15) is 45.1 Å². The van der Waals surface area contributed by atoms with Gasteiger partial charge in [0.25, 0.3) is 5.91 Å². The zero-order valence-corrected chi connectivity index (χ0v) is 18.8. The number of hydrogen-bond donors (Lipinski definition) is 1. The molecule has 1 atom stereocenters. The molecule has 1 aliphatic carbocycles. The van der Waals surface area contributed by atoms with Crippen molar-refractivity contribution in [3.63, 3.8) is 0 Å². The number of piperidine rings is 1. The third-order valence-electron chi connectivity index (χ3n) is 7.02. The standard InChI is InChI=1S/C24H32ClN3O2/c1-3-17(2)15-27-12-10-20(11-13-27)24(14-19-6-4-5-7-21(19)25)22(29)28(23(30)26-24)16-18-8-9-18/h3-7,18,20H,8-16H2,1-2H3,(H,26,30). The first-order valence-electron chi connectivity index (χ1n) is 11.1. The van der Waals surface area contributed by atoms with Gasteiger partial charge in [0.05, 0.1) is 0 Å². The Kier molecular flexibility index (Phi) is 6.21. The van der Waals surface area contributed by atoms with Crippen LogP contribution in [-0.2, 0) is 11.2 Å². The molecule has 1 N–H and O–H groups in total. The minimum Gasteiger partial charge on any atom is -0.322 e. The van der Waals surface area contributed by atoms with E-state index in [-0.39, 0.29) is 17.9 Å². The van der Waals surface area contributed by atoms with E-state index in [0.717, 1.165) is 50.9 Å². The summed E-state index contributed by atoms with van der Waals surface area (Å²) in [5.74, 6) is 0.528. The molecule has 2 saturated heterocycles. The molecule has 0 aromatic heterocycles. The van der Waals surface area contributed by atoms with Crippen LogP contribution in [-0.4, -0.2) is 53.5 Å². The summed E-state index contributed by atoms with van der Waals surface area (Å²) in [5.41, 5.74) is 1.40. The van der Waals surface area contributed by atoms with Crippen LogP contribution in [0.15, 0.2) is 35.9 Å². The first kappa shape index (κ1) is 21.4. The Hall–Kier alpha value is -1.85. The highest BCUT2D eigenvalue weighted by Crippen LogP contribution is 2.39. The van der Waals surface area contributed by atoms with E-state index >= 15 is 0 Å². The van der Waals surface area contributed by atoms with Gasteiger partial charge in [-0.2, -0.15) is 0 Å². The molecule has 0 spiro atoms. The largest absolute Gasteiger partial charge is 0.325 e. The summed E-state index contributed by atoms with van der Waals surface area (Å²) in [7, 11) is 0. The lowest BCUT2D eigenvalue weighted by atomic mass is 9.73. The van der Waals surface area contributed by atoms with Crippen LogP contribution in [0.5, 0.6) is 0 Å². The van der Waals surface area contributed by atoms with Crippen molar-refractivity contribution >= 4 is 23.5 Å². The maximum atomic E-state index is 13.7. The number of rotatable bonds is 7. The Morgan fingerprint density at radius 2 is 1.90 bits per heavy atom. The predicted octanol–water partition coefficient (Wildman–Crippen LogP) is 4.26. The molecule has 0 bridgehead atoms. The number of urea groups is 1. The highest BCUT2D eigenvalue weighted by Gasteiger charge is 2.56. The van der Waals surface area contributed by atoms with Gasteiger partial charge in [0.2, 0.25) is 0 Å².